The molecule has 1 unspecified atom stereocenters. The number of nitrogens with zero attached hydrogens (tertiary/aromatic N) is 1. The predicted molar refractivity (Wildman–Crippen MR) is 136 cm³/mol. The minimum atomic E-state index is -1.00. The first-order valence-corrected chi connectivity index (χ1v) is 11.8. The monoisotopic (exact) mass is 477 g/mol. The number of carbonyl (C=O) groups is 1. The van der Waals surface area contributed by atoms with Crippen molar-refractivity contribution >= 4 is 22.9 Å². The molecule has 2 aliphatic rings. The molecular formula is C28H29F2N3O2. The van der Waals surface area contributed by atoms with E-state index >= 15 is 0 Å². The lowest BCUT2D eigenvalue weighted by Crippen LogP contribution is -2.23. The molecule has 182 valence electrons. The molecule has 1 atom stereocenters. The molecule has 0 spiro atoms. The highest BCUT2D eigenvalue weighted by Gasteiger charge is 2.31. The number of nitrogens with one attached hydrogen (secondary N) is 2. The number of carbonyl (C=O) groups excluding carboxylic acids is 1. The van der Waals surface area contributed by atoms with Crippen molar-refractivity contribution in [3.63, 3.8) is 0 Å². The van der Waals surface area contributed by atoms with Crippen molar-refractivity contribution in [2.75, 3.05) is 19.0 Å². The van der Waals surface area contributed by atoms with Crippen LogP contribution in [-0.2, 0) is 0 Å². The molecule has 4 rings (SSSR count). The van der Waals surface area contributed by atoms with E-state index in [-0.39, 0.29) is 23.1 Å². The number of hydrogen-bond acceptors (Lipinski definition) is 4. The molecule has 2 N–H and O–H groups in total. The second-order valence-electron chi connectivity index (χ2n) is 8.51. The minimum absolute atomic E-state index is 0.105. The van der Waals surface area contributed by atoms with Crippen LogP contribution in [0, 0.1) is 24.5 Å². The molecule has 0 fully saturated rings. The molecule has 2 aromatic rings. The molecule has 0 radical (unpaired) electrons. The van der Waals surface area contributed by atoms with E-state index in [0.717, 1.165) is 29.1 Å². The number of halogens is 2. The lowest BCUT2D eigenvalue weighted by atomic mass is 9.86. The lowest BCUT2D eigenvalue weighted by molar-refractivity contribution is 0.0955. The highest BCUT2D eigenvalue weighted by atomic mass is 19.2. The number of ether oxygens (including phenoxy) is 1. The molecule has 1 heterocycles. The number of amides is 1. The third kappa shape index (κ3) is 5.04. The van der Waals surface area contributed by atoms with E-state index in [4.69, 9.17) is 4.74 Å². The third-order valence-corrected chi connectivity index (χ3v) is 6.24. The Morgan fingerprint density at radius 2 is 2.00 bits per heavy atom. The first kappa shape index (κ1) is 24.4. The van der Waals surface area contributed by atoms with E-state index in [9.17, 15) is 13.6 Å². The van der Waals surface area contributed by atoms with Crippen LogP contribution in [0.1, 0.15) is 47.7 Å². The number of anilines is 1. The van der Waals surface area contributed by atoms with Gasteiger partial charge in [0, 0.05) is 35.5 Å². The number of aliphatic imine (C=N–C) groups is 1. The summed E-state index contributed by atoms with van der Waals surface area (Å²) in [6.07, 6.45) is 10.1. The van der Waals surface area contributed by atoms with Crippen LogP contribution < -0.4 is 15.4 Å². The number of hydrogen-bond donors (Lipinski definition) is 2. The quantitative estimate of drug-likeness (QED) is 0.489. The van der Waals surface area contributed by atoms with Gasteiger partial charge >= 0.3 is 0 Å². The van der Waals surface area contributed by atoms with Crippen molar-refractivity contribution in [2.24, 2.45) is 10.9 Å². The van der Waals surface area contributed by atoms with Crippen molar-refractivity contribution in [1.82, 2.24) is 5.32 Å². The number of methoxy groups -OCH3 is 1. The normalized spacial score (nSPS) is 19.7. The van der Waals surface area contributed by atoms with Crippen LogP contribution in [0.3, 0.4) is 0 Å². The zero-order valence-corrected chi connectivity index (χ0v) is 20.1. The summed E-state index contributed by atoms with van der Waals surface area (Å²) in [6.45, 7) is 4.34. The summed E-state index contributed by atoms with van der Waals surface area (Å²) in [7, 11) is 1.31. The molecule has 35 heavy (non-hydrogen) atoms. The summed E-state index contributed by atoms with van der Waals surface area (Å²) < 4.78 is 34.3. The van der Waals surface area contributed by atoms with Crippen molar-refractivity contribution in [2.45, 2.75) is 33.1 Å². The first-order valence-electron chi connectivity index (χ1n) is 11.8. The summed E-state index contributed by atoms with van der Waals surface area (Å²) in [5, 5.41) is 6.27. The maximum Gasteiger partial charge on any atom is 0.251 e. The third-order valence-electron chi connectivity index (χ3n) is 6.24. The number of benzene rings is 2. The number of rotatable bonds is 6. The summed E-state index contributed by atoms with van der Waals surface area (Å²) >= 11 is 0. The molecule has 0 aromatic heterocycles. The Morgan fingerprint density at radius 1 is 1.17 bits per heavy atom. The van der Waals surface area contributed by atoms with Gasteiger partial charge in [0.05, 0.1) is 18.5 Å². The Bertz CT molecular complexity index is 1260. The van der Waals surface area contributed by atoms with Gasteiger partial charge in [-0.25, -0.2) is 4.39 Å². The molecule has 1 aliphatic heterocycles. The average Bonchev–Trinajstić information content (AvgIpc) is 3.28. The fourth-order valence-corrected chi connectivity index (χ4v) is 4.48. The zero-order chi connectivity index (χ0) is 24.9. The Labute approximate surface area is 204 Å². The van der Waals surface area contributed by atoms with Gasteiger partial charge in [-0.15, -0.1) is 0 Å². The van der Waals surface area contributed by atoms with Gasteiger partial charge in [0.1, 0.15) is 0 Å². The molecule has 0 bridgehead atoms. The highest BCUT2D eigenvalue weighted by molar-refractivity contribution is 6.12. The standard InChI is InChI=1S/C28H29F2N3O2/c1-4-31-28(34)19-12-11-18(15-17(19)2)33-23-10-8-6-5-7-9-21-22(16-32-27(21)23)20-13-14-24(35-3)26(30)25(20)29/h5-6,10-16,21,33H,4,7-9H2,1-3H3,(H,31,34)/b6-5-,23-10-. The van der Waals surface area contributed by atoms with E-state index < -0.39 is 11.6 Å². The SMILES string of the molecule is CCNC(=O)c1ccc(N/C2=C\C/C=C\CCC3C(c4ccc(OC)c(F)c4F)=CN=C23)cc1C. The zero-order valence-electron chi connectivity index (χ0n) is 20.1. The summed E-state index contributed by atoms with van der Waals surface area (Å²) in [6, 6.07) is 8.56. The molecular weight excluding hydrogens is 448 g/mol. The topological polar surface area (TPSA) is 62.7 Å². The average molecular weight is 478 g/mol. The Hall–Kier alpha value is -3.74. The van der Waals surface area contributed by atoms with Gasteiger partial charge in [0.15, 0.2) is 11.6 Å². The molecule has 1 amide bonds. The van der Waals surface area contributed by atoms with Gasteiger partial charge in [-0.3, -0.25) is 9.79 Å². The molecule has 7 heteroatoms. The van der Waals surface area contributed by atoms with Crippen LogP contribution in [0.2, 0.25) is 0 Å². The largest absolute Gasteiger partial charge is 0.494 e. The van der Waals surface area contributed by atoms with Crippen molar-refractivity contribution in [3.05, 3.63) is 88.8 Å². The second kappa shape index (κ2) is 10.7. The van der Waals surface area contributed by atoms with Crippen LogP contribution in [0.5, 0.6) is 5.75 Å². The Morgan fingerprint density at radius 3 is 2.74 bits per heavy atom. The van der Waals surface area contributed by atoms with Gasteiger partial charge in [0.2, 0.25) is 5.82 Å². The van der Waals surface area contributed by atoms with E-state index in [0.29, 0.717) is 30.5 Å². The fourth-order valence-electron chi connectivity index (χ4n) is 4.48. The van der Waals surface area contributed by atoms with Crippen LogP contribution in [0.15, 0.2) is 65.4 Å². The number of aryl methyl sites for hydroxylation is 1. The highest BCUT2D eigenvalue weighted by Crippen LogP contribution is 2.39. The number of fused-ring (bicyclic) bond motifs is 1. The lowest BCUT2D eigenvalue weighted by Gasteiger charge is -2.21. The Balaban J connectivity index is 1.63. The van der Waals surface area contributed by atoms with Gasteiger partial charge in [0.25, 0.3) is 5.91 Å². The maximum absolute atomic E-state index is 14.9. The predicted octanol–water partition coefficient (Wildman–Crippen LogP) is 6.18. The van der Waals surface area contributed by atoms with Gasteiger partial charge < -0.3 is 15.4 Å². The molecule has 2 aromatic carbocycles. The summed E-state index contributed by atoms with van der Waals surface area (Å²) in [5.41, 5.74) is 4.73. The summed E-state index contributed by atoms with van der Waals surface area (Å²) in [4.78, 5) is 16.9. The van der Waals surface area contributed by atoms with Gasteiger partial charge in [-0.2, -0.15) is 4.39 Å². The van der Waals surface area contributed by atoms with Gasteiger partial charge in [-0.05, 0) is 74.6 Å². The Kier molecular flexibility index (Phi) is 7.44. The van der Waals surface area contributed by atoms with E-state index in [1.807, 2.05) is 32.1 Å². The van der Waals surface area contributed by atoms with Crippen molar-refractivity contribution in [3.8, 4) is 5.75 Å². The van der Waals surface area contributed by atoms with E-state index in [2.05, 4.69) is 27.8 Å². The van der Waals surface area contributed by atoms with Crippen LogP contribution in [0.25, 0.3) is 5.57 Å². The molecule has 0 saturated heterocycles. The van der Waals surface area contributed by atoms with Gasteiger partial charge in [-0.1, -0.05) is 18.2 Å². The minimum Gasteiger partial charge on any atom is -0.494 e. The first-order chi connectivity index (χ1) is 16.9. The number of allylic oxidation sites excluding steroid dienone is 5. The van der Waals surface area contributed by atoms with E-state index in [1.54, 1.807) is 18.3 Å². The fraction of sp³-hybridized carbons (Fsp3) is 0.286. The van der Waals surface area contributed by atoms with Crippen molar-refractivity contribution < 1.29 is 18.3 Å². The van der Waals surface area contributed by atoms with Crippen LogP contribution >= 0.6 is 0 Å². The molecule has 0 saturated carbocycles. The summed E-state index contributed by atoms with van der Waals surface area (Å²) in [5.74, 6) is -2.37. The molecule has 5 nitrogen and oxygen atoms in total. The smallest absolute Gasteiger partial charge is 0.251 e. The van der Waals surface area contributed by atoms with Crippen molar-refractivity contribution in [1.29, 1.82) is 0 Å². The maximum atomic E-state index is 14.9. The van der Waals surface area contributed by atoms with E-state index in [1.165, 1.54) is 13.2 Å². The second-order valence-corrected chi connectivity index (χ2v) is 8.51. The molecule has 1 aliphatic carbocycles. The van der Waals surface area contributed by atoms with Crippen LogP contribution in [-0.4, -0.2) is 25.3 Å². The van der Waals surface area contributed by atoms with Crippen LogP contribution in [0.4, 0.5) is 14.5 Å².